The average Bonchev–Trinajstić information content (AvgIpc) is 2.57. The van der Waals surface area contributed by atoms with Crippen LogP contribution in [0.25, 0.3) is 33.5 Å². The van der Waals surface area contributed by atoms with Gasteiger partial charge in [0.2, 0.25) is 5.43 Å². The molecule has 0 unspecified atom stereocenters. The van der Waals surface area contributed by atoms with E-state index in [9.17, 15) is 4.79 Å². The van der Waals surface area contributed by atoms with E-state index in [1.54, 1.807) is 29.9 Å². The first-order valence-electron chi connectivity index (χ1n) is 7.13. The van der Waals surface area contributed by atoms with Gasteiger partial charge >= 0.3 is 0 Å². The maximum absolute atomic E-state index is 12.9. The molecule has 4 aromatic rings. The molecular formula is C17H10BrClN4O. The van der Waals surface area contributed by atoms with Crippen molar-refractivity contribution >= 4 is 49.7 Å². The standard InChI is InChI=1S/C17H10BrClN4O/c1-23-17-15(20-13-8-11(19)6-7-12(13)21-17)16(24)14(22-23)9-2-4-10(18)5-3-9/h2-8H,1H3. The minimum absolute atomic E-state index is 0.250. The molecule has 0 aliphatic heterocycles. The average molecular weight is 402 g/mol. The quantitative estimate of drug-likeness (QED) is 0.453. The lowest BCUT2D eigenvalue weighted by Crippen LogP contribution is -2.16. The van der Waals surface area contributed by atoms with Gasteiger partial charge in [-0.1, -0.05) is 39.7 Å². The summed E-state index contributed by atoms with van der Waals surface area (Å²) < 4.78 is 2.51. The molecule has 0 fully saturated rings. The largest absolute Gasteiger partial charge is 0.285 e. The number of fused-ring (bicyclic) bond motifs is 2. The lowest BCUT2D eigenvalue weighted by molar-refractivity contribution is 0.766. The van der Waals surface area contributed by atoms with E-state index in [1.165, 1.54) is 0 Å². The number of rotatable bonds is 1. The number of aryl methyl sites for hydroxylation is 1. The summed E-state index contributed by atoms with van der Waals surface area (Å²) in [4.78, 5) is 21.8. The van der Waals surface area contributed by atoms with Gasteiger partial charge in [-0.05, 0) is 30.3 Å². The van der Waals surface area contributed by atoms with Crippen molar-refractivity contribution < 1.29 is 0 Å². The molecule has 4 rings (SSSR count). The minimum atomic E-state index is -0.250. The Morgan fingerprint density at radius 2 is 1.79 bits per heavy atom. The lowest BCUT2D eigenvalue weighted by atomic mass is 10.1. The van der Waals surface area contributed by atoms with Crippen LogP contribution in [0.15, 0.2) is 51.7 Å². The number of benzene rings is 2. The summed E-state index contributed by atoms with van der Waals surface area (Å²) in [6.07, 6.45) is 0. The van der Waals surface area contributed by atoms with Crippen molar-refractivity contribution in [1.29, 1.82) is 0 Å². The van der Waals surface area contributed by atoms with Crippen molar-refractivity contribution in [1.82, 2.24) is 19.7 Å². The second-order valence-electron chi connectivity index (χ2n) is 5.34. The Labute approximate surface area is 150 Å². The van der Waals surface area contributed by atoms with Crippen LogP contribution in [0.1, 0.15) is 0 Å². The van der Waals surface area contributed by atoms with Gasteiger partial charge < -0.3 is 0 Å². The SMILES string of the molecule is Cn1nc(-c2ccc(Br)cc2)c(=O)c2nc3cc(Cl)ccc3nc21. The molecule has 0 radical (unpaired) electrons. The molecule has 24 heavy (non-hydrogen) atoms. The van der Waals surface area contributed by atoms with Crippen LogP contribution in [0.3, 0.4) is 0 Å². The zero-order valence-electron chi connectivity index (χ0n) is 12.5. The molecule has 2 heterocycles. The van der Waals surface area contributed by atoms with Gasteiger partial charge in [-0.2, -0.15) is 5.10 Å². The lowest BCUT2D eigenvalue weighted by Gasteiger charge is -2.08. The van der Waals surface area contributed by atoms with E-state index in [0.717, 1.165) is 10.0 Å². The highest BCUT2D eigenvalue weighted by atomic mass is 79.9. The molecule has 2 aromatic carbocycles. The Bertz CT molecular complexity index is 1160. The highest BCUT2D eigenvalue weighted by Crippen LogP contribution is 2.21. The van der Waals surface area contributed by atoms with Crippen LogP contribution in [0.5, 0.6) is 0 Å². The minimum Gasteiger partial charge on any atom is -0.285 e. The van der Waals surface area contributed by atoms with Gasteiger partial charge in [0, 0.05) is 22.1 Å². The number of hydrogen-bond donors (Lipinski definition) is 0. The number of nitrogens with zero attached hydrogens (tertiary/aromatic N) is 4. The van der Waals surface area contributed by atoms with Gasteiger partial charge in [-0.25, -0.2) is 14.6 Å². The van der Waals surface area contributed by atoms with E-state index >= 15 is 0 Å². The first-order valence-corrected chi connectivity index (χ1v) is 8.30. The third-order valence-corrected chi connectivity index (χ3v) is 4.48. The van der Waals surface area contributed by atoms with Crippen molar-refractivity contribution in [3.05, 3.63) is 62.2 Å². The normalized spacial score (nSPS) is 11.3. The summed E-state index contributed by atoms with van der Waals surface area (Å²) in [5.41, 5.74) is 2.79. The van der Waals surface area contributed by atoms with E-state index in [0.29, 0.717) is 27.4 Å². The number of halogens is 2. The topological polar surface area (TPSA) is 60.7 Å². The van der Waals surface area contributed by atoms with Gasteiger partial charge in [0.15, 0.2) is 11.2 Å². The van der Waals surface area contributed by atoms with Gasteiger partial charge in [0.25, 0.3) is 0 Å². The highest BCUT2D eigenvalue weighted by Gasteiger charge is 2.14. The Morgan fingerprint density at radius 1 is 1.04 bits per heavy atom. The monoisotopic (exact) mass is 400 g/mol. The van der Waals surface area contributed by atoms with Crippen molar-refractivity contribution in [2.75, 3.05) is 0 Å². The Morgan fingerprint density at radius 3 is 2.54 bits per heavy atom. The molecule has 0 saturated heterocycles. The molecule has 0 aliphatic carbocycles. The van der Waals surface area contributed by atoms with Crippen molar-refractivity contribution in [3.63, 3.8) is 0 Å². The predicted octanol–water partition coefficient (Wildman–Crippen LogP) is 3.96. The summed E-state index contributed by atoms with van der Waals surface area (Å²) in [6, 6.07) is 12.6. The summed E-state index contributed by atoms with van der Waals surface area (Å²) in [5.74, 6) is 0. The molecule has 0 spiro atoms. The molecule has 0 aliphatic rings. The van der Waals surface area contributed by atoms with E-state index < -0.39 is 0 Å². The summed E-state index contributed by atoms with van der Waals surface area (Å²) in [5, 5.41) is 4.94. The van der Waals surface area contributed by atoms with Crippen LogP contribution in [0.4, 0.5) is 0 Å². The fraction of sp³-hybridized carbons (Fsp3) is 0.0588. The maximum Gasteiger partial charge on any atom is 0.235 e. The van der Waals surface area contributed by atoms with Crippen LogP contribution in [0, 0.1) is 0 Å². The zero-order valence-corrected chi connectivity index (χ0v) is 14.8. The second kappa shape index (κ2) is 5.65. The molecule has 0 atom stereocenters. The van der Waals surface area contributed by atoms with E-state index in [-0.39, 0.29) is 10.9 Å². The third kappa shape index (κ3) is 2.48. The van der Waals surface area contributed by atoms with Gasteiger partial charge in [-0.15, -0.1) is 0 Å². The molecule has 0 bridgehead atoms. The first kappa shape index (κ1) is 15.2. The van der Waals surface area contributed by atoms with Crippen LogP contribution in [-0.4, -0.2) is 19.7 Å². The molecule has 2 aromatic heterocycles. The summed E-state index contributed by atoms with van der Waals surface area (Å²) in [7, 11) is 1.75. The van der Waals surface area contributed by atoms with E-state index in [1.807, 2.05) is 24.3 Å². The van der Waals surface area contributed by atoms with Crippen molar-refractivity contribution in [3.8, 4) is 11.3 Å². The fourth-order valence-corrected chi connectivity index (χ4v) is 2.98. The Kier molecular flexibility index (Phi) is 3.58. The summed E-state index contributed by atoms with van der Waals surface area (Å²) in [6.45, 7) is 0. The molecule has 118 valence electrons. The smallest absolute Gasteiger partial charge is 0.235 e. The zero-order chi connectivity index (χ0) is 16.8. The Hall–Kier alpha value is -2.31. The molecule has 0 saturated carbocycles. The molecule has 0 amide bonds. The number of hydrogen-bond acceptors (Lipinski definition) is 4. The van der Waals surface area contributed by atoms with Crippen LogP contribution < -0.4 is 5.43 Å². The maximum atomic E-state index is 12.9. The van der Waals surface area contributed by atoms with E-state index in [4.69, 9.17) is 11.6 Å². The Balaban J connectivity index is 2.07. The van der Waals surface area contributed by atoms with Crippen LogP contribution in [-0.2, 0) is 7.05 Å². The second-order valence-corrected chi connectivity index (χ2v) is 6.69. The molecule has 0 N–H and O–H groups in total. The fourth-order valence-electron chi connectivity index (χ4n) is 2.55. The molecule has 7 heteroatoms. The van der Waals surface area contributed by atoms with Crippen LogP contribution >= 0.6 is 27.5 Å². The van der Waals surface area contributed by atoms with Gasteiger partial charge in [0.1, 0.15) is 5.69 Å². The molecule has 5 nitrogen and oxygen atoms in total. The number of aromatic nitrogens is 4. The third-order valence-electron chi connectivity index (χ3n) is 3.71. The van der Waals surface area contributed by atoms with Gasteiger partial charge in [-0.3, -0.25) is 4.79 Å². The molecular weight excluding hydrogens is 392 g/mol. The summed E-state index contributed by atoms with van der Waals surface area (Å²) >= 11 is 9.40. The predicted molar refractivity (Wildman–Crippen MR) is 98.2 cm³/mol. The van der Waals surface area contributed by atoms with E-state index in [2.05, 4.69) is 31.0 Å². The van der Waals surface area contributed by atoms with Crippen molar-refractivity contribution in [2.24, 2.45) is 7.05 Å². The van der Waals surface area contributed by atoms with Gasteiger partial charge in [0.05, 0.1) is 11.0 Å². The van der Waals surface area contributed by atoms with Crippen LogP contribution in [0.2, 0.25) is 5.02 Å². The van der Waals surface area contributed by atoms with Crippen molar-refractivity contribution in [2.45, 2.75) is 0 Å². The first-order chi connectivity index (χ1) is 11.5. The highest BCUT2D eigenvalue weighted by molar-refractivity contribution is 9.10.